The summed E-state index contributed by atoms with van der Waals surface area (Å²) in [6.07, 6.45) is 6.44. The van der Waals surface area contributed by atoms with E-state index < -0.39 is 0 Å². The lowest BCUT2D eigenvalue weighted by molar-refractivity contribution is -0.119. The van der Waals surface area contributed by atoms with Gasteiger partial charge in [-0.15, -0.1) is 0 Å². The van der Waals surface area contributed by atoms with Crippen LogP contribution in [-0.4, -0.2) is 53.9 Å². The molecule has 2 amide bonds. The van der Waals surface area contributed by atoms with Gasteiger partial charge in [-0.3, -0.25) is 19.5 Å². The zero-order chi connectivity index (χ0) is 18.4. The average molecular weight is 368 g/mol. The number of nitrogens with one attached hydrogen (secondary N) is 1. The van der Waals surface area contributed by atoms with Gasteiger partial charge in [0, 0.05) is 49.3 Å². The summed E-state index contributed by atoms with van der Waals surface area (Å²) in [5, 5.41) is 3.97. The van der Waals surface area contributed by atoms with Crippen molar-refractivity contribution in [2.24, 2.45) is 5.92 Å². The number of carbonyl (C=O) groups excluding carboxylic acids is 2. The molecule has 0 unspecified atom stereocenters. The van der Waals surface area contributed by atoms with Gasteiger partial charge in [0.1, 0.15) is 11.3 Å². The first-order valence-electron chi connectivity index (χ1n) is 9.90. The number of fused-ring (bicyclic) bond motifs is 4. The number of pyridine rings is 1. The molecule has 0 saturated carbocycles. The van der Waals surface area contributed by atoms with Gasteiger partial charge in [-0.1, -0.05) is 0 Å². The maximum atomic E-state index is 12.7. The topological polar surface area (TPSA) is 78.7 Å². The van der Waals surface area contributed by atoms with Crippen LogP contribution >= 0.6 is 0 Å². The zero-order valence-corrected chi connectivity index (χ0v) is 15.3. The van der Waals surface area contributed by atoms with Crippen molar-refractivity contribution in [2.75, 3.05) is 31.1 Å². The van der Waals surface area contributed by atoms with Crippen molar-refractivity contribution < 1.29 is 14.0 Å². The van der Waals surface area contributed by atoms with Gasteiger partial charge in [0.05, 0.1) is 0 Å². The minimum atomic E-state index is -0.150. The zero-order valence-electron chi connectivity index (χ0n) is 15.3. The van der Waals surface area contributed by atoms with E-state index in [0.717, 1.165) is 50.7 Å². The molecule has 4 aliphatic rings. The van der Waals surface area contributed by atoms with Crippen molar-refractivity contribution in [1.82, 2.24) is 15.2 Å². The molecule has 6 rings (SSSR count). The first-order valence-corrected chi connectivity index (χ1v) is 9.90. The van der Waals surface area contributed by atoms with E-state index in [9.17, 15) is 9.59 Å². The minimum Gasteiger partial charge on any atom is -0.440 e. The number of carbonyl (C=O) groups is 2. The second-order valence-corrected chi connectivity index (χ2v) is 7.91. The van der Waals surface area contributed by atoms with E-state index in [2.05, 4.69) is 15.2 Å². The lowest BCUT2D eigenvalue weighted by atomic mass is 9.84. The molecular weight excluding hydrogens is 344 g/mol. The summed E-state index contributed by atoms with van der Waals surface area (Å²) in [5.41, 5.74) is 0.960. The predicted molar refractivity (Wildman–Crippen MR) is 101 cm³/mol. The van der Waals surface area contributed by atoms with Gasteiger partial charge in [-0.05, 0) is 44.7 Å². The van der Waals surface area contributed by atoms with Crippen LogP contribution in [0.4, 0.5) is 5.88 Å². The van der Waals surface area contributed by atoms with Crippen LogP contribution < -0.4 is 10.2 Å². The van der Waals surface area contributed by atoms with Gasteiger partial charge < -0.3 is 14.6 Å². The number of furan rings is 1. The predicted octanol–water partition coefficient (Wildman–Crippen LogP) is 2.17. The van der Waals surface area contributed by atoms with Crippen molar-refractivity contribution >= 4 is 28.7 Å². The molecule has 0 spiro atoms. The van der Waals surface area contributed by atoms with E-state index >= 15 is 0 Å². The van der Waals surface area contributed by atoms with Crippen molar-refractivity contribution in [3.63, 3.8) is 0 Å². The standard InChI is InChI=1S/C20H24N4O3/c25-18-3-1-2-6-24(18)19-9-14-11-21-15(10-17(14)27-19)20(26)22-16-12-23-7-4-13(16)5-8-23/h9-11,13,16H,1-8,12H2,(H,22,26)/t16-/m0/s1. The maximum Gasteiger partial charge on any atom is 0.270 e. The average Bonchev–Trinajstić information content (AvgIpc) is 3.12. The fraction of sp³-hybridized carbons (Fsp3) is 0.550. The Hall–Kier alpha value is -2.41. The molecule has 0 aliphatic carbocycles. The molecule has 2 aromatic heterocycles. The van der Waals surface area contributed by atoms with Crippen LogP contribution in [0.3, 0.4) is 0 Å². The van der Waals surface area contributed by atoms with Crippen LogP contribution in [0.5, 0.6) is 0 Å². The second kappa shape index (κ2) is 6.64. The molecule has 142 valence electrons. The Bertz CT molecular complexity index is 884. The molecule has 7 heteroatoms. The third kappa shape index (κ3) is 3.10. The fourth-order valence-corrected chi connectivity index (χ4v) is 4.59. The third-order valence-electron chi connectivity index (χ3n) is 6.18. The molecule has 4 fully saturated rings. The van der Waals surface area contributed by atoms with E-state index in [1.807, 2.05) is 6.07 Å². The largest absolute Gasteiger partial charge is 0.440 e. The molecular formula is C20H24N4O3. The first kappa shape index (κ1) is 16.7. The number of amides is 2. The molecule has 4 aliphatic heterocycles. The molecule has 2 bridgehead atoms. The maximum absolute atomic E-state index is 12.7. The highest BCUT2D eigenvalue weighted by molar-refractivity contribution is 5.98. The highest BCUT2D eigenvalue weighted by atomic mass is 16.4. The van der Waals surface area contributed by atoms with E-state index in [-0.39, 0.29) is 17.9 Å². The summed E-state index contributed by atoms with van der Waals surface area (Å²) in [5.74, 6) is 1.06. The molecule has 1 N–H and O–H groups in total. The summed E-state index contributed by atoms with van der Waals surface area (Å²) in [4.78, 5) is 33.2. The monoisotopic (exact) mass is 368 g/mol. The fourth-order valence-electron chi connectivity index (χ4n) is 4.59. The summed E-state index contributed by atoms with van der Waals surface area (Å²) >= 11 is 0. The Morgan fingerprint density at radius 1 is 1.19 bits per heavy atom. The molecule has 27 heavy (non-hydrogen) atoms. The van der Waals surface area contributed by atoms with Crippen molar-refractivity contribution in [3.8, 4) is 0 Å². The number of hydrogen-bond donors (Lipinski definition) is 1. The number of nitrogens with zero attached hydrogens (tertiary/aromatic N) is 3. The Labute approximate surface area is 157 Å². The Morgan fingerprint density at radius 3 is 2.78 bits per heavy atom. The number of hydrogen-bond acceptors (Lipinski definition) is 5. The van der Waals surface area contributed by atoms with Crippen LogP contribution in [0, 0.1) is 5.92 Å². The molecule has 1 atom stereocenters. The highest BCUT2D eigenvalue weighted by Crippen LogP contribution is 2.30. The Morgan fingerprint density at radius 2 is 2.04 bits per heavy atom. The Balaban J connectivity index is 1.34. The summed E-state index contributed by atoms with van der Waals surface area (Å²) in [6, 6.07) is 3.72. The molecule has 0 radical (unpaired) electrons. The number of anilines is 1. The molecule has 6 heterocycles. The lowest BCUT2D eigenvalue weighted by Crippen LogP contribution is -2.57. The molecule has 4 saturated heterocycles. The van der Waals surface area contributed by atoms with E-state index in [4.69, 9.17) is 4.42 Å². The lowest BCUT2D eigenvalue weighted by Gasteiger charge is -2.44. The smallest absolute Gasteiger partial charge is 0.270 e. The number of rotatable bonds is 3. The second-order valence-electron chi connectivity index (χ2n) is 7.91. The van der Waals surface area contributed by atoms with Gasteiger partial charge in [-0.2, -0.15) is 0 Å². The molecule has 2 aromatic rings. The normalized spacial score (nSPS) is 27.9. The van der Waals surface area contributed by atoms with Gasteiger partial charge in [0.25, 0.3) is 5.91 Å². The Kier molecular flexibility index (Phi) is 4.11. The van der Waals surface area contributed by atoms with E-state index in [0.29, 0.717) is 36.0 Å². The quantitative estimate of drug-likeness (QED) is 0.898. The number of aromatic nitrogens is 1. The number of piperidine rings is 4. The van der Waals surface area contributed by atoms with Crippen LogP contribution in [0.2, 0.25) is 0 Å². The minimum absolute atomic E-state index is 0.0913. The van der Waals surface area contributed by atoms with Crippen molar-refractivity contribution in [1.29, 1.82) is 0 Å². The SMILES string of the molecule is O=C(N[C@H]1CN2CCC1CC2)c1cc2oc(N3CCCCC3=O)cc2cn1. The van der Waals surface area contributed by atoms with E-state index in [1.54, 1.807) is 17.2 Å². The highest BCUT2D eigenvalue weighted by Gasteiger charge is 2.35. The summed E-state index contributed by atoms with van der Waals surface area (Å²) in [7, 11) is 0. The van der Waals surface area contributed by atoms with E-state index in [1.165, 1.54) is 0 Å². The van der Waals surface area contributed by atoms with Gasteiger partial charge in [0.2, 0.25) is 11.8 Å². The summed E-state index contributed by atoms with van der Waals surface area (Å²) in [6.45, 7) is 3.90. The molecule has 7 nitrogen and oxygen atoms in total. The van der Waals surface area contributed by atoms with Crippen molar-refractivity contribution in [2.45, 2.75) is 38.1 Å². The third-order valence-corrected chi connectivity index (χ3v) is 6.18. The van der Waals surface area contributed by atoms with Crippen molar-refractivity contribution in [3.05, 3.63) is 24.0 Å². The first-order chi connectivity index (χ1) is 13.2. The molecule has 0 aromatic carbocycles. The van der Waals surface area contributed by atoms with Crippen LogP contribution in [-0.2, 0) is 4.79 Å². The van der Waals surface area contributed by atoms with Gasteiger partial charge in [-0.25, -0.2) is 0 Å². The van der Waals surface area contributed by atoms with Crippen LogP contribution in [0.15, 0.2) is 22.7 Å². The van der Waals surface area contributed by atoms with Gasteiger partial charge in [0.15, 0.2) is 0 Å². The van der Waals surface area contributed by atoms with Crippen LogP contribution in [0.25, 0.3) is 11.0 Å². The summed E-state index contributed by atoms with van der Waals surface area (Å²) < 4.78 is 5.88. The van der Waals surface area contributed by atoms with Gasteiger partial charge >= 0.3 is 0 Å². The van der Waals surface area contributed by atoms with Crippen LogP contribution in [0.1, 0.15) is 42.6 Å².